The third kappa shape index (κ3) is 5.92. The summed E-state index contributed by atoms with van der Waals surface area (Å²) in [6, 6.07) is 9.41. The molecule has 1 aromatic heterocycles. The van der Waals surface area contributed by atoms with Crippen LogP contribution in [0.5, 0.6) is 0 Å². The maximum atomic E-state index is 11.8. The molecule has 1 unspecified atom stereocenters. The number of hydrogen-bond acceptors (Lipinski definition) is 6. The Balaban J connectivity index is 1.84. The average molecular weight is 365 g/mol. The maximum absolute atomic E-state index is 11.8. The van der Waals surface area contributed by atoms with Crippen molar-refractivity contribution in [2.24, 2.45) is 0 Å². The van der Waals surface area contributed by atoms with Gasteiger partial charge in [-0.3, -0.25) is 15.4 Å². The molecule has 2 N–H and O–H groups in total. The highest BCUT2D eigenvalue weighted by Gasteiger charge is 2.12. The molecule has 1 heterocycles. The number of carbonyl (C=O) groups excluding carboxylic acids is 1. The minimum absolute atomic E-state index is 0.0873. The highest BCUT2D eigenvalue weighted by Crippen LogP contribution is 2.16. The fourth-order valence-corrected chi connectivity index (χ4v) is 2.14. The monoisotopic (exact) mass is 364 g/mol. The molecule has 1 aromatic carbocycles. The van der Waals surface area contributed by atoms with Crippen LogP contribution in [-0.4, -0.2) is 28.6 Å². The van der Waals surface area contributed by atoms with E-state index in [9.17, 15) is 14.9 Å². The van der Waals surface area contributed by atoms with Gasteiger partial charge < -0.3 is 10.1 Å². The molecule has 132 valence electrons. The number of nitrogens with zero attached hydrogens (tertiary/aromatic N) is 2. The van der Waals surface area contributed by atoms with Crippen LogP contribution in [0.3, 0.4) is 0 Å². The van der Waals surface area contributed by atoms with Gasteiger partial charge in [-0.1, -0.05) is 24.6 Å². The Kier molecular flexibility index (Phi) is 6.53. The van der Waals surface area contributed by atoms with Gasteiger partial charge in [-0.25, -0.2) is 9.78 Å². The molecule has 0 aliphatic rings. The number of halogens is 1. The van der Waals surface area contributed by atoms with Crippen LogP contribution in [0.1, 0.15) is 13.3 Å². The zero-order valence-electron chi connectivity index (χ0n) is 13.4. The van der Waals surface area contributed by atoms with Crippen molar-refractivity contribution in [3.8, 4) is 0 Å². The molecule has 2 rings (SSSR count). The molecule has 1 amide bonds. The molecule has 0 aliphatic carbocycles. The molecule has 8 nitrogen and oxygen atoms in total. The normalized spacial score (nSPS) is 11.4. The summed E-state index contributed by atoms with van der Waals surface area (Å²) in [5, 5.41) is 16.8. The lowest BCUT2D eigenvalue weighted by Crippen LogP contribution is -2.28. The largest absolute Gasteiger partial charge is 0.447 e. The highest BCUT2D eigenvalue weighted by molar-refractivity contribution is 6.30. The first kappa shape index (κ1) is 18.5. The van der Waals surface area contributed by atoms with Crippen LogP contribution in [-0.2, 0) is 4.74 Å². The molecule has 25 heavy (non-hydrogen) atoms. The fraction of sp³-hybridized carbons (Fsp3) is 0.250. The summed E-state index contributed by atoms with van der Waals surface area (Å²) in [6.45, 7) is 2.03. The van der Waals surface area contributed by atoms with Crippen molar-refractivity contribution >= 4 is 34.9 Å². The lowest BCUT2D eigenvalue weighted by Gasteiger charge is -2.17. The molecule has 2 aromatic rings. The van der Waals surface area contributed by atoms with Crippen molar-refractivity contribution in [2.45, 2.75) is 19.4 Å². The molecular formula is C16H17ClN4O4. The van der Waals surface area contributed by atoms with Gasteiger partial charge in [0, 0.05) is 16.8 Å². The number of nitro groups is 1. The number of nitrogens with one attached hydrogen (secondary N) is 2. The van der Waals surface area contributed by atoms with Crippen molar-refractivity contribution in [2.75, 3.05) is 17.2 Å². The van der Waals surface area contributed by atoms with Gasteiger partial charge in [0.25, 0.3) is 5.69 Å². The van der Waals surface area contributed by atoms with E-state index in [2.05, 4.69) is 15.6 Å². The van der Waals surface area contributed by atoms with Crippen molar-refractivity contribution < 1.29 is 14.5 Å². The van der Waals surface area contributed by atoms with E-state index < -0.39 is 11.0 Å². The standard InChI is InChI=1S/C16H17ClN4O4/c1-2-12(19-15-7-6-14(9-18-15)21(23)24)10-25-16(22)20-13-5-3-4-11(17)8-13/h3-9,12H,2,10H2,1H3,(H,18,19)(H,20,22). The van der Waals surface area contributed by atoms with E-state index in [0.29, 0.717) is 22.9 Å². The van der Waals surface area contributed by atoms with Gasteiger partial charge >= 0.3 is 6.09 Å². The molecule has 1 atom stereocenters. The lowest BCUT2D eigenvalue weighted by molar-refractivity contribution is -0.385. The fourth-order valence-electron chi connectivity index (χ4n) is 1.95. The van der Waals surface area contributed by atoms with E-state index in [1.54, 1.807) is 24.3 Å². The summed E-state index contributed by atoms with van der Waals surface area (Å²) in [6.07, 6.45) is 1.24. The third-order valence-electron chi connectivity index (χ3n) is 3.29. The van der Waals surface area contributed by atoms with E-state index in [-0.39, 0.29) is 18.3 Å². The number of anilines is 2. The molecular weight excluding hydrogens is 348 g/mol. The van der Waals surface area contributed by atoms with Gasteiger partial charge in [0.2, 0.25) is 0 Å². The van der Waals surface area contributed by atoms with Gasteiger partial charge in [-0.15, -0.1) is 0 Å². The first-order chi connectivity index (χ1) is 12.0. The summed E-state index contributed by atoms with van der Waals surface area (Å²) >= 11 is 5.85. The number of hydrogen-bond donors (Lipinski definition) is 2. The number of pyridine rings is 1. The zero-order chi connectivity index (χ0) is 18.2. The predicted molar refractivity (Wildman–Crippen MR) is 95.0 cm³/mol. The first-order valence-electron chi connectivity index (χ1n) is 7.54. The van der Waals surface area contributed by atoms with Crippen LogP contribution in [0.15, 0.2) is 42.6 Å². The molecule has 0 bridgehead atoms. The third-order valence-corrected chi connectivity index (χ3v) is 3.53. The highest BCUT2D eigenvalue weighted by atomic mass is 35.5. The Morgan fingerprint density at radius 3 is 2.80 bits per heavy atom. The molecule has 0 radical (unpaired) electrons. The van der Waals surface area contributed by atoms with Gasteiger partial charge in [0.05, 0.1) is 11.0 Å². The minimum atomic E-state index is -0.598. The van der Waals surface area contributed by atoms with Crippen LogP contribution in [0.4, 0.5) is 22.0 Å². The SMILES string of the molecule is CCC(COC(=O)Nc1cccc(Cl)c1)Nc1ccc([N+](=O)[O-])cn1. The molecule has 0 spiro atoms. The minimum Gasteiger partial charge on any atom is -0.447 e. The number of carbonyl (C=O) groups is 1. The summed E-state index contributed by atoms with van der Waals surface area (Å²) in [5.74, 6) is 0.469. The van der Waals surface area contributed by atoms with Crippen molar-refractivity contribution in [3.05, 3.63) is 57.7 Å². The summed E-state index contributed by atoms with van der Waals surface area (Å²) in [7, 11) is 0. The summed E-state index contributed by atoms with van der Waals surface area (Å²) in [5.41, 5.74) is 0.450. The first-order valence-corrected chi connectivity index (χ1v) is 7.92. The van der Waals surface area contributed by atoms with E-state index in [0.717, 1.165) is 0 Å². The number of benzene rings is 1. The van der Waals surface area contributed by atoms with Gasteiger partial charge in [-0.2, -0.15) is 0 Å². The Hall–Kier alpha value is -2.87. The summed E-state index contributed by atoms with van der Waals surface area (Å²) in [4.78, 5) is 25.9. The zero-order valence-corrected chi connectivity index (χ0v) is 14.2. The molecule has 9 heteroatoms. The van der Waals surface area contributed by atoms with Crippen LogP contribution in [0.25, 0.3) is 0 Å². The van der Waals surface area contributed by atoms with Crippen LogP contribution in [0.2, 0.25) is 5.02 Å². The van der Waals surface area contributed by atoms with E-state index in [1.165, 1.54) is 18.3 Å². The molecule has 0 aliphatic heterocycles. The van der Waals surface area contributed by atoms with Crippen molar-refractivity contribution in [1.82, 2.24) is 4.98 Å². The predicted octanol–water partition coefficient (Wildman–Crippen LogP) is 4.08. The average Bonchev–Trinajstić information content (AvgIpc) is 2.59. The molecule has 0 saturated heterocycles. The lowest BCUT2D eigenvalue weighted by atomic mass is 10.2. The second-order valence-corrected chi connectivity index (χ2v) is 5.58. The topological polar surface area (TPSA) is 106 Å². The second-order valence-electron chi connectivity index (χ2n) is 5.14. The smallest absolute Gasteiger partial charge is 0.411 e. The van der Waals surface area contributed by atoms with E-state index >= 15 is 0 Å². The number of amides is 1. The quantitative estimate of drug-likeness (QED) is 0.566. The summed E-state index contributed by atoms with van der Waals surface area (Å²) < 4.78 is 5.18. The number of rotatable bonds is 7. The maximum Gasteiger partial charge on any atom is 0.411 e. The Morgan fingerprint density at radius 1 is 1.40 bits per heavy atom. The van der Waals surface area contributed by atoms with Crippen LogP contribution in [0, 0.1) is 10.1 Å². The molecule has 0 saturated carbocycles. The van der Waals surface area contributed by atoms with E-state index in [4.69, 9.17) is 16.3 Å². The van der Waals surface area contributed by atoms with Gasteiger partial charge in [0.1, 0.15) is 18.6 Å². The number of aromatic nitrogens is 1. The van der Waals surface area contributed by atoms with Crippen molar-refractivity contribution in [3.63, 3.8) is 0 Å². The van der Waals surface area contributed by atoms with Crippen LogP contribution >= 0.6 is 11.6 Å². The number of ether oxygens (including phenoxy) is 1. The van der Waals surface area contributed by atoms with Crippen molar-refractivity contribution in [1.29, 1.82) is 0 Å². The molecule has 0 fully saturated rings. The van der Waals surface area contributed by atoms with Gasteiger partial charge in [-0.05, 0) is 30.7 Å². The Bertz CT molecular complexity index is 739. The second kappa shape index (κ2) is 8.84. The van der Waals surface area contributed by atoms with Crippen LogP contribution < -0.4 is 10.6 Å². The van der Waals surface area contributed by atoms with E-state index in [1.807, 2.05) is 6.92 Å². The Morgan fingerprint density at radius 2 is 2.20 bits per heavy atom. The van der Waals surface area contributed by atoms with Gasteiger partial charge in [0.15, 0.2) is 0 Å². The Labute approximate surface area is 149 Å².